The Labute approximate surface area is 159 Å². The van der Waals surface area contributed by atoms with Crippen LogP contribution in [0, 0.1) is 0 Å². The Morgan fingerprint density at radius 1 is 1.08 bits per heavy atom. The zero-order chi connectivity index (χ0) is 18.3. The van der Waals surface area contributed by atoms with E-state index in [-0.39, 0.29) is 12.2 Å². The molecule has 2 aliphatic rings. The number of hydrogen-bond donors (Lipinski definition) is 0. The maximum absolute atomic E-state index is 13.0. The minimum Gasteiger partial charge on any atom is -0.373 e. The first-order chi connectivity index (χ1) is 12.4. The summed E-state index contributed by atoms with van der Waals surface area (Å²) in [5.41, 5.74) is 1.04. The minimum absolute atomic E-state index is 0.0613. The monoisotopic (exact) mass is 395 g/mol. The predicted octanol–water partition coefficient (Wildman–Crippen LogP) is 2.83. The van der Waals surface area contributed by atoms with Gasteiger partial charge in [0.2, 0.25) is 0 Å². The lowest BCUT2D eigenvalue weighted by molar-refractivity contribution is -0.0456. The predicted molar refractivity (Wildman–Crippen MR) is 104 cm³/mol. The fraction of sp³-hybridized carbons (Fsp3) is 0.611. The molecule has 6 nitrogen and oxygen atoms in total. The van der Waals surface area contributed by atoms with Crippen molar-refractivity contribution < 1.29 is 13.2 Å². The molecule has 0 bridgehead atoms. The van der Waals surface area contributed by atoms with Gasteiger partial charge in [-0.2, -0.15) is 17.0 Å². The van der Waals surface area contributed by atoms with Crippen molar-refractivity contribution >= 4 is 31.8 Å². The summed E-state index contributed by atoms with van der Waals surface area (Å²) in [7, 11) is -3.41. The van der Waals surface area contributed by atoms with Crippen molar-refractivity contribution in [2.75, 3.05) is 26.2 Å². The molecule has 3 heterocycles. The highest BCUT2D eigenvalue weighted by molar-refractivity contribution is 7.86. The van der Waals surface area contributed by atoms with Gasteiger partial charge in [-0.05, 0) is 38.8 Å². The Kier molecular flexibility index (Phi) is 5.04. The smallest absolute Gasteiger partial charge is 0.282 e. The highest BCUT2D eigenvalue weighted by Gasteiger charge is 2.37. The van der Waals surface area contributed by atoms with E-state index in [9.17, 15) is 8.42 Å². The molecule has 8 heteroatoms. The summed E-state index contributed by atoms with van der Waals surface area (Å²) in [6.07, 6.45) is 1.53. The fourth-order valence-corrected chi connectivity index (χ4v) is 6.81. The molecule has 1 aromatic carbocycles. The topological polar surface area (TPSA) is 62.7 Å². The number of hydrogen-bond acceptors (Lipinski definition) is 5. The van der Waals surface area contributed by atoms with E-state index in [0.29, 0.717) is 32.1 Å². The van der Waals surface area contributed by atoms with Gasteiger partial charge < -0.3 is 4.74 Å². The van der Waals surface area contributed by atoms with Crippen molar-refractivity contribution in [1.29, 1.82) is 0 Å². The van der Waals surface area contributed by atoms with Crippen LogP contribution in [0.5, 0.6) is 0 Å². The molecular weight excluding hydrogens is 370 g/mol. The molecule has 2 aromatic rings. The summed E-state index contributed by atoms with van der Waals surface area (Å²) in [6, 6.07) is 8.17. The van der Waals surface area contributed by atoms with Crippen molar-refractivity contribution in [3.8, 4) is 0 Å². The molecule has 2 atom stereocenters. The third-order valence-electron chi connectivity index (χ3n) is 5.15. The van der Waals surface area contributed by atoms with Crippen LogP contribution in [-0.2, 0) is 14.9 Å². The number of para-hydroxylation sites is 1. The summed E-state index contributed by atoms with van der Waals surface area (Å²) in [4.78, 5) is 4.76. The number of fused-ring (bicyclic) bond motifs is 1. The third kappa shape index (κ3) is 3.53. The van der Waals surface area contributed by atoms with Crippen LogP contribution in [0.1, 0.15) is 37.6 Å². The number of nitrogens with zero attached hydrogens (tertiary/aromatic N) is 3. The number of ether oxygens (including phenoxy) is 1. The lowest BCUT2D eigenvalue weighted by Crippen LogP contribution is -2.54. The lowest BCUT2D eigenvalue weighted by Gasteiger charge is -2.39. The summed E-state index contributed by atoms with van der Waals surface area (Å²) < 4.78 is 36.1. The highest BCUT2D eigenvalue weighted by atomic mass is 32.2. The summed E-state index contributed by atoms with van der Waals surface area (Å²) in [5, 5.41) is 1.14. The number of rotatable bonds is 3. The van der Waals surface area contributed by atoms with Crippen LogP contribution in [0.3, 0.4) is 0 Å². The van der Waals surface area contributed by atoms with E-state index in [1.165, 1.54) is 4.70 Å². The normalized spacial score (nSPS) is 27.2. The van der Waals surface area contributed by atoms with Crippen LogP contribution in [0.4, 0.5) is 0 Å². The molecule has 0 aliphatic carbocycles. The highest BCUT2D eigenvalue weighted by Crippen LogP contribution is 2.35. The second kappa shape index (κ2) is 7.16. The second-order valence-corrected chi connectivity index (χ2v) is 10.3. The summed E-state index contributed by atoms with van der Waals surface area (Å²) >= 11 is 1.74. The molecule has 0 amide bonds. The number of benzene rings is 1. The van der Waals surface area contributed by atoms with Gasteiger partial charge in [0.1, 0.15) is 0 Å². The minimum atomic E-state index is -3.41. The van der Waals surface area contributed by atoms with E-state index in [1.807, 2.05) is 32.0 Å². The Hall–Kier alpha value is -1.06. The van der Waals surface area contributed by atoms with Gasteiger partial charge in [-0.25, -0.2) is 4.98 Å². The zero-order valence-electron chi connectivity index (χ0n) is 15.2. The van der Waals surface area contributed by atoms with Gasteiger partial charge in [0, 0.05) is 32.1 Å². The van der Waals surface area contributed by atoms with Gasteiger partial charge in [-0.3, -0.25) is 0 Å². The Balaban J connectivity index is 1.44. The summed E-state index contributed by atoms with van der Waals surface area (Å²) in [6.45, 7) is 5.84. The van der Waals surface area contributed by atoms with Crippen molar-refractivity contribution in [3.05, 3.63) is 29.3 Å². The van der Waals surface area contributed by atoms with Gasteiger partial charge in [-0.1, -0.05) is 12.1 Å². The van der Waals surface area contributed by atoms with Crippen LogP contribution in [0.15, 0.2) is 24.3 Å². The van der Waals surface area contributed by atoms with E-state index >= 15 is 0 Å². The van der Waals surface area contributed by atoms with Gasteiger partial charge in [0.05, 0.1) is 27.4 Å². The molecule has 1 aromatic heterocycles. The summed E-state index contributed by atoms with van der Waals surface area (Å²) in [5.74, 6) is 0.349. The van der Waals surface area contributed by atoms with E-state index < -0.39 is 10.2 Å². The maximum Gasteiger partial charge on any atom is 0.282 e. The maximum atomic E-state index is 13.0. The van der Waals surface area contributed by atoms with Gasteiger partial charge >= 0.3 is 0 Å². The van der Waals surface area contributed by atoms with E-state index in [2.05, 4.69) is 6.07 Å². The van der Waals surface area contributed by atoms with Crippen LogP contribution in [0.2, 0.25) is 0 Å². The standard InChI is InChI=1S/C18H25N3O3S2/c1-13-11-21(12-14(2)24-13)26(22,23)20-9-7-15(8-10-20)18-19-16-5-3-4-6-17(16)25-18/h3-6,13-15H,7-12H2,1-2H3/t13-,14-/m0/s1. The van der Waals surface area contributed by atoms with Crippen LogP contribution in [-0.4, -0.2) is 60.4 Å². The second-order valence-electron chi connectivity index (χ2n) is 7.28. The Bertz CT molecular complexity index is 832. The largest absolute Gasteiger partial charge is 0.373 e. The van der Waals surface area contributed by atoms with Gasteiger partial charge in [-0.15, -0.1) is 11.3 Å². The average molecular weight is 396 g/mol. The third-order valence-corrected chi connectivity index (χ3v) is 8.32. The molecule has 142 valence electrons. The van der Waals surface area contributed by atoms with Crippen molar-refractivity contribution in [3.63, 3.8) is 0 Å². The number of piperidine rings is 1. The van der Waals surface area contributed by atoms with Crippen LogP contribution in [0.25, 0.3) is 10.2 Å². The van der Waals surface area contributed by atoms with E-state index in [4.69, 9.17) is 9.72 Å². The van der Waals surface area contributed by atoms with Crippen LogP contribution >= 0.6 is 11.3 Å². The van der Waals surface area contributed by atoms with E-state index in [0.717, 1.165) is 23.4 Å². The average Bonchev–Trinajstić information content (AvgIpc) is 3.05. The van der Waals surface area contributed by atoms with Gasteiger partial charge in [0.15, 0.2) is 0 Å². The molecule has 2 saturated heterocycles. The Morgan fingerprint density at radius 3 is 2.38 bits per heavy atom. The first kappa shape index (κ1) is 18.3. The molecule has 0 unspecified atom stereocenters. The zero-order valence-corrected chi connectivity index (χ0v) is 16.8. The number of aromatic nitrogens is 1. The fourth-order valence-electron chi connectivity index (χ4n) is 3.88. The van der Waals surface area contributed by atoms with Crippen molar-refractivity contribution in [2.45, 2.75) is 44.8 Å². The van der Waals surface area contributed by atoms with Gasteiger partial charge in [0.25, 0.3) is 10.2 Å². The molecule has 0 N–H and O–H groups in total. The number of thiazole rings is 1. The molecular formula is C18H25N3O3S2. The SMILES string of the molecule is C[C@H]1CN(S(=O)(=O)N2CCC(c3nc4ccccc4s3)CC2)C[C@H](C)O1. The van der Waals surface area contributed by atoms with Crippen molar-refractivity contribution in [2.24, 2.45) is 0 Å². The first-order valence-electron chi connectivity index (χ1n) is 9.19. The molecule has 2 aliphatic heterocycles. The molecule has 26 heavy (non-hydrogen) atoms. The first-order valence-corrected chi connectivity index (χ1v) is 11.4. The van der Waals surface area contributed by atoms with E-state index in [1.54, 1.807) is 19.9 Å². The molecule has 0 spiro atoms. The quantitative estimate of drug-likeness (QED) is 0.802. The van der Waals surface area contributed by atoms with Crippen LogP contribution < -0.4 is 0 Å². The molecule has 4 rings (SSSR count). The molecule has 2 fully saturated rings. The molecule has 0 radical (unpaired) electrons. The Morgan fingerprint density at radius 2 is 1.73 bits per heavy atom. The van der Waals surface area contributed by atoms with Crippen molar-refractivity contribution in [1.82, 2.24) is 13.6 Å². The lowest BCUT2D eigenvalue weighted by atomic mass is 9.99. The number of morpholine rings is 1. The molecule has 0 saturated carbocycles.